The number of fused-ring (bicyclic) bond motifs is 3. The molecule has 0 saturated carbocycles. The number of thiazole rings is 1. The first-order valence-corrected chi connectivity index (χ1v) is 11.8. The van der Waals surface area contributed by atoms with E-state index in [-0.39, 0.29) is 5.91 Å². The number of rotatable bonds is 4. The van der Waals surface area contributed by atoms with Crippen LogP contribution in [0.25, 0.3) is 10.2 Å². The number of carbonyl (C=O) groups is 1. The topological polar surface area (TPSA) is 71.3 Å². The predicted octanol–water partition coefficient (Wildman–Crippen LogP) is 3.35. The summed E-state index contributed by atoms with van der Waals surface area (Å²) in [6.07, 6.45) is 2.06. The SMILES string of the molecule is CSCCn1c(=NC(=O)c2ccc3c(c2)OCCO3)sc2cc3c(cc21)OCCO3. The molecule has 1 amide bonds. The van der Waals surface area contributed by atoms with E-state index in [0.717, 1.165) is 34.0 Å². The van der Waals surface area contributed by atoms with Gasteiger partial charge in [0.05, 0.1) is 10.2 Å². The molecule has 9 heteroatoms. The average molecular weight is 445 g/mol. The molecule has 2 aliphatic heterocycles. The Kier molecular flexibility index (Phi) is 5.30. The second-order valence-electron chi connectivity index (χ2n) is 6.77. The van der Waals surface area contributed by atoms with E-state index < -0.39 is 0 Å². The number of nitrogens with zero attached hydrogens (tertiary/aromatic N) is 2. The van der Waals surface area contributed by atoms with Gasteiger partial charge in [0.2, 0.25) is 0 Å². The first-order chi connectivity index (χ1) is 14.7. The van der Waals surface area contributed by atoms with Crippen molar-refractivity contribution >= 4 is 39.2 Å². The van der Waals surface area contributed by atoms with Crippen LogP contribution in [0.3, 0.4) is 0 Å². The molecule has 0 unspecified atom stereocenters. The molecule has 3 heterocycles. The molecule has 2 aromatic carbocycles. The van der Waals surface area contributed by atoms with Gasteiger partial charge in [-0.2, -0.15) is 16.8 Å². The first kappa shape index (κ1) is 19.3. The summed E-state index contributed by atoms with van der Waals surface area (Å²) in [7, 11) is 0. The van der Waals surface area contributed by atoms with Gasteiger partial charge in [-0.3, -0.25) is 4.79 Å². The standard InChI is InChI=1S/C21H20N2O5S2/c1-29-9-4-23-14-11-17-18(28-8-7-27-17)12-19(14)30-21(23)22-20(24)13-2-3-15-16(10-13)26-6-5-25-15/h2-3,10-12H,4-9H2,1H3. The molecule has 3 aromatic rings. The molecule has 7 nitrogen and oxygen atoms in total. The predicted molar refractivity (Wildman–Crippen MR) is 117 cm³/mol. The van der Waals surface area contributed by atoms with E-state index in [0.29, 0.717) is 48.3 Å². The molecule has 156 valence electrons. The quantitative estimate of drug-likeness (QED) is 0.615. The van der Waals surface area contributed by atoms with Crippen molar-refractivity contribution in [3.63, 3.8) is 0 Å². The van der Waals surface area contributed by atoms with Gasteiger partial charge in [-0.25, -0.2) is 0 Å². The minimum Gasteiger partial charge on any atom is -0.486 e. The van der Waals surface area contributed by atoms with Crippen LogP contribution in [-0.4, -0.2) is 48.9 Å². The molecular weight excluding hydrogens is 424 g/mol. The van der Waals surface area contributed by atoms with Crippen LogP contribution < -0.4 is 23.7 Å². The van der Waals surface area contributed by atoms with Gasteiger partial charge in [-0.15, -0.1) is 0 Å². The molecule has 0 fully saturated rings. The fourth-order valence-electron chi connectivity index (χ4n) is 3.42. The van der Waals surface area contributed by atoms with Crippen LogP contribution in [0.1, 0.15) is 10.4 Å². The zero-order valence-electron chi connectivity index (χ0n) is 16.4. The molecule has 0 saturated heterocycles. The van der Waals surface area contributed by atoms with E-state index >= 15 is 0 Å². The van der Waals surface area contributed by atoms with Crippen LogP contribution >= 0.6 is 23.1 Å². The zero-order chi connectivity index (χ0) is 20.5. The third-order valence-electron chi connectivity index (χ3n) is 4.85. The highest BCUT2D eigenvalue weighted by molar-refractivity contribution is 7.98. The molecule has 0 bridgehead atoms. The smallest absolute Gasteiger partial charge is 0.279 e. The van der Waals surface area contributed by atoms with Crippen LogP contribution in [0.5, 0.6) is 23.0 Å². The summed E-state index contributed by atoms with van der Waals surface area (Å²) < 4.78 is 25.7. The van der Waals surface area contributed by atoms with Gasteiger partial charge in [0.25, 0.3) is 5.91 Å². The molecule has 30 heavy (non-hydrogen) atoms. The summed E-state index contributed by atoms with van der Waals surface area (Å²) in [4.78, 5) is 18.0. The molecule has 2 aliphatic rings. The van der Waals surface area contributed by atoms with Gasteiger partial charge < -0.3 is 23.5 Å². The van der Waals surface area contributed by atoms with Crippen LogP contribution in [-0.2, 0) is 6.54 Å². The third kappa shape index (κ3) is 3.63. The Morgan fingerprint density at radius 1 is 1.00 bits per heavy atom. The summed E-state index contributed by atoms with van der Waals surface area (Å²) >= 11 is 3.22. The summed E-state index contributed by atoms with van der Waals surface area (Å²) in [5, 5.41) is 0. The highest BCUT2D eigenvalue weighted by Crippen LogP contribution is 2.36. The van der Waals surface area contributed by atoms with Crippen molar-refractivity contribution in [2.45, 2.75) is 6.54 Å². The summed E-state index contributed by atoms with van der Waals surface area (Å²) in [5.41, 5.74) is 1.46. The summed E-state index contributed by atoms with van der Waals surface area (Å²) in [6.45, 7) is 2.80. The molecule has 0 aliphatic carbocycles. The molecule has 0 N–H and O–H groups in total. The summed E-state index contributed by atoms with van der Waals surface area (Å²) in [5.74, 6) is 3.29. The lowest BCUT2D eigenvalue weighted by atomic mass is 10.2. The van der Waals surface area contributed by atoms with E-state index in [9.17, 15) is 4.79 Å². The number of ether oxygens (including phenoxy) is 4. The Balaban J connectivity index is 1.58. The molecule has 0 atom stereocenters. The Bertz CT molecular complexity index is 1180. The fraction of sp³-hybridized carbons (Fsp3) is 0.333. The van der Waals surface area contributed by atoms with Gasteiger partial charge in [-0.1, -0.05) is 11.3 Å². The van der Waals surface area contributed by atoms with Crippen molar-refractivity contribution in [2.24, 2.45) is 4.99 Å². The lowest BCUT2D eigenvalue weighted by Crippen LogP contribution is -2.19. The van der Waals surface area contributed by atoms with Gasteiger partial charge in [0.1, 0.15) is 26.4 Å². The number of thioether (sulfide) groups is 1. The van der Waals surface area contributed by atoms with Crippen molar-refractivity contribution in [3.05, 3.63) is 40.7 Å². The van der Waals surface area contributed by atoms with Crippen LogP contribution in [0.4, 0.5) is 0 Å². The molecule has 5 rings (SSSR count). The second-order valence-corrected chi connectivity index (χ2v) is 8.76. The van der Waals surface area contributed by atoms with Crippen molar-refractivity contribution in [1.29, 1.82) is 0 Å². The molecular formula is C21H20N2O5S2. The number of aromatic nitrogens is 1. The van der Waals surface area contributed by atoms with E-state index in [2.05, 4.69) is 15.8 Å². The lowest BCUT2D eigenvalue weighted by Gasteiger charge is -2.18. The largest absolute Gasteiger partial charge is 0.486 e. The number of amides is 1. The Hall–Kier alpha value is -2.65. The highest BCUT2D eigenvalue weighted by Gasteiger charge is 2.18. The highest BCUT2D eigenvalue weighted by atomic mass is 32.2. The van der Waals surface area contributed by atoms with Crippen molar-refractivity contribution < 1.29 is 23.7 Å². The van der Waals surface area contributed by atoms with E-state index in [1.807, 2.05) is 12.1 Å². The van der Waals surface area contributed by atoms with E-state index in [4.69, 9.17) is 18.9 Å². The van der Waals surface area contributed by atoms with Gasteiger partial charge in [0, 0.05) is 30.0 Å². The maximum Gasteiger partial charge on any atom is 0.279 e. The molecule has 1 aromatic heterocycles. The van der Waals surface area contributed by atoms with Crippen molar-refractivity contribution in [1.82, 2.24) is 4.57 Å². The third-order valence-corrected chi connectivity index (χ3v) is 6.48. The van der Waals surface area contributed by atoms with E-state index in [1.54, 1.807) is 30.0 Å². The van der Waals surface area contributed by atoms with Gasteiger partial charge >= 0.3 is 0 Å². The number of hydrogen-bond donors (Lipinski definition) is 0. The number of aryl methyl sites for hydroxylation is 1. The Morgan fingerprint density at radius 2 is 1.67 bits per heavy atom. The normalized spacial score (nSPS) is 15.4. The minimum absolute atomic E-state index is 0.311. The fourth-order valence-corrected chi connectivity index (χ4v) is 4.85. The zero-order valence-corrected chi connectivity index (χ0v) is 18.0. The van der Waals surface area contributed by atoms with Crippen molar-refractivity contribution in [2.75, 3.05) is 38.4 Å². The minimum atomic E-state index is -0.311. The number of hydrogen-bond acceptors (Lipinski definition) is 7. The molecule has 0 spiro atoms. The summed E-state index contributed by atoms with van der Waals surface area (Å²) in [6, 6.07) is 9.12. The number of benzene rings is 2. The van der Waals surface area contributed by atoms with Crippen LogP contribution in [0, 0.1) is 0 Å². The monoisotopic (exact) mass is 444 g/mol. The second kappa shape index (κ2) is 8.23. The Morgan fingerprint density at radius 3 is 2.40 bits per heavy atom. The lowest BCUT2D eigenvalue weighted by molar-refractivity contribution is 0.0996. The molecule has 0 radical (unpaired) electrons. The first-order valence-electron chi connectivity index (χ1n) is 9.63. The number of carbonyl (C=O) groups excluding carboxylic acids is 1. The van der Waals surface area contributed by atoms with Crippen LogP contribution in [0.15, 0.2) is 35.3 Å². The van der Waals surface area contributed by atoms with E-state index in [1.165, 1.54) is 11.3 Å². The maximum atomic E-state index is 12.9. The Labute approximate surface area is 181 Å². The van der Waals surface area contributed by atoms with Crippen molar-refractivity contribution in [3.8, 4) is 23.0 Å². The average Bonchev–Trinajstić information content (AvgIpc) is 3.11. The van der Waals surface area contributed by atoms with Gasteiger partial charge in [-0.05, 0) is 24.5 Å². The van der Waals surface area contributed by atoms with Crippen LogP contribution in [0.2, 0.25) is 0 Å². The maximum absolute atomic E-state index is 12.9. The van der Waals surface area contributed by atoms with Gasteiger partial charge in [0.15, 0.2) is 27.8 Å².